The number of nitrogens with zero attached hydrogens (tertiary/aromatic N) is 1. The molecule has 0 aliphatic heterocycles. The molecule has 94 valence electrons. The predicted octanol–water partition coefficient (Wildman–Crippen LogP) is 2.04. The molecule has 16 heavy (non-hydrogen) atoms. The zero-order valence-electron chi connectivity index (χ0n) is 10.6. The minimum atomic E-state index is 0.242. The molecule has 0 radical (unpaired) electrons. The maximum atomic E-state index is 12.0. The van der Waals surface area contributed by atoms with Gasteiger partial charge in [0, 0.05) is 26.1 Å². The first kappa shape index (κ1) is 13.5. The molecule has 0 aromatic rings. The van der Waals surface area contributed by atoms with Crippen molar-refractivity contribution < 1.29 is 9.90 Å². The second kappa shape index (κ2) is 6.89. The van der Waals surface area contributed by atoms with Gasteiger partial charge in [-0.2, -0.15) is 0 Å². The van der Waals surface area contributed by atoms with E-state index in [0.717, 1.165) is 45.1 Å². The topological polar surface area (TPSA) is 40.5 Å². The van der Waals surface area contributed by atoms with Gasteiger partial charge in [0.2, 0.25) is 5.91 Å². The minimum absolute atomic E-state index is 0.242. The van der Waals surface area contributed by atoms with Crippen LogP contribution in [0.1, 0.15) is 45.4 Å². The van der Waals surface area contributed by atoms with Crippen LogP contribution >= 0.6 is 0 Å². The van der Waals surface area contributed by atoms with Crippen LogP contribution in [-0.2, 0) is 4.79 Å². The van der Waals surface area contributed by atoms with Crippen molar-refractivity contribution >= 4 is 5.91 Å². The Hall–Kier alpha value is -0.570. The van der Waals surface area contributed by atoms with E-state index in [-0.39, 0.29) is 5.92 Å². The van der Waals surface area contributed by atoms with Gasteiger partial charge in [-0.1, -0.05) is 6.92 Å². The molecule has 0 bridgehead atoms. The number of hydrogen-bond acceptors (Lipinski definition) is 2. The molecule has 0 aromatic carbocycles. The van der Waals surface area contributed by atoms with E-state index in [2.05, 4.69) is 6.92 Å². The van der Waals surface area contributed by atoms with Crippen molar-refractivity contribution in [3.05, 3.63) is 0 Å². The van der Waals surface area contributed by atoms with Crippen LogP contribution in [0.3, 0.4) is 0 Å². The Kier molecular flexibility index (Phi) is 5.81. The Morgan fingerprint density at radius 1 is 1.31 bits per heavy atom. The van der Waals surface area contributed by atoms with Gasteiger partial charge >= 0.3 is 0 Å². The number of aliphatic hydroxyl groups excluding tert-OH is 1. The SMILES string of the molecule is CCCN(C)C(=O)C1CCC(CCO)CC1. The standard InChI is InChI=1S/C13H25NO2/c1-3-9-14(2)13(16)12-6-4-11(5-7-12)8-10-15/h11-12,15H,3-10H2,1-2H3. The fourth-order valence-electron chi connectivity index (χ4n) is 2.64. The quantitative estimate of drug-likeness (QED) is 0.781. The van der Waals surface area contributed by atoms with Crippen LogP contribution < -0.4 is 0 Å². The highest BCUT2D eigenvalue weighted by atomic mass is 16.3. The number of amides is 1. The number of aliphatic hydroxyl groups is 1. The van der Waals surface area contributed by atoms with Crippen molar-refractivity contribution in [1.29, 1.82) is 0 Å². The first-order valence-corrected chi connectivity index (χ1v) is 6.54. The fraction of sp³-hybridized carbons (Fsp3) is 0.923. The zero-order valence-corrected chi connectivity index (χ0v) is 10.6. The summed E-state index contributed by atoms with van der Waals surface area (Å²) in [5.74, 6) is 1.21. The maximum Gasteiger partial charge on any atom is 0.225 e. The summed E-state index contributed by atoms with van der Waals surface area (Å²) in [4.78, 5) is 13.9. The first-order valence-electron chi connectivity index (χ1n) is 6.54. The van der Waals surface area contributed by atoms with E-state index in [0.29, 0.717) is 18.4 Å². The highest BCUT2D eigenvalue weighted by Gasteiger charge is 2.27. The molecular weight excluding hydrogens is 202 g/mol. The van der Waals surface area contributed by atoms with Gasteiger partial charge in [0.25, 0.3) is 0 Å². The Balaban J connectivity index is 2.32. The molecule has 1 saturated carbocycles. The van der Waals surface area contributed by atoms with Gasteiger partial charge in [-0.05, 0) is 44.4 Å². The third kappa shape index (κ3) is 3.78. The van der Waals surface area contributed by atoms with Crippen molar-refractivity contribution in [2.24, 2.45) is 11.8 Å². The lowest BCUT2D eigenvalue weighted by Crippen LogP contribution is -2.35. The van der Waals surface area contributed by atoms with Gasteiger partial charge < -0.3 is 10.0 Å². The van der Waals surface area contributed by atoms with Crippen LogP contribution in [0.15, 0.2) is 0 Å². The van der Waals surface area contributed by atoms with E-state index < -0.39 is 0 Å². The highest BCUT2D eigenvalue weighted by molar-refractivity contribution is 5.78. The predicted molar refractivity (Wildman–Crippen MR) is 65.1 cm³/mol. The van der Waals surface area contributed by atoms with E-state index in [9.17, 15) is 4.79 Å². The van der Waals surface area contributed by atoms with Crippen LogP contribution in [-0.4, -0.2) is 36.1 Å². The molecule has 0 spiro atoms. The largest absolute Gasteiger partial charge is 0.396 e. The molecule has 0 aromatic heterocycles. The van der Waals surface area contributed by atoms with Crippen LogP contribution in [0.4, 0.5) is 0 Å². The summed E-state index contributed by atoms with van der Waals surface area (Å²) < 4.78 is 0. The van der Waals surface area contributed by atoms with Crippen LogP contribution in [0.5, 0.6) is 0 Å². The number of carbonyl (C=O) groups excluding carboxylic acids is 1. The van der Waals surface area contributed by atoms with Gasteiger partial charge in [0.05, 0.1) is 0 Å². The second-order valence-corrected chi connectivity index (χ2v) is 4.99. The van der Waals surface area contributed by atoms with Gasteiger partial charge in [0.1, 0.15) is 0 Å². The average molecular weight is 227 g/mol. The molecule has 1 aliphatic rings. The number of carbonyl (C=O) groups is 1. The summed E-state index contributed by atoms with van der Waals surface area (Å²) in [5, 5.41) is 8.88. The minimum Gasteiger partial charge on any atom is -0.396 e. The molecule has 1 fully saturated rings. The Bertz CT molecular complexity index is 210. The molecule has 0 saturated heterocycles. The molecular formula is C13H25NO2. The van der Waals surface area contributed by atoms with Gasteiger partial charge in [-0.15, -0.1) is 0 Å². The van der Waals surface area contributed by atoms with Crippen molar-refractivity contribution in [3.63, 3.8) is 0 Å². The average Bonchev–Trinajstić information content (AvgIpc) is 2.30. The molecule has 0 heterocycles. The molecule has 1 aliphatic carbocycles. The third-order valence-corrected chi connectivity index (χ3v) is 3.67. The van der Waals surface area contributed by atoms with Crippen LogP contribution in [0.2, 0.25) is 0 Å². The second-order valence-electron chi connectivity index (χ2n) is 4.99. The Labute approximate surface area is 98.8 Å². The molecule has 0 atom stereocenters. The highest BCUT2D eigenvalue weighted by Crippen LogP contribution is 2.31. The Morgan fingerprint density at radius 2 is 1.94 bits per heavy atom. The van der Waals surface area contributed by atoms with E-state index in [4.69, 9.17) is 5.11 Å². The van der Waals surface area contributed by atoms with E-state index in [1.807, 2.05) is 11.9 Å². The smallest absolute Gasteiger partial charge is 0.225 e. The lowest BCUT2D eigenvalue weighted by atomic mass is 9.80. The summed E-state index contributed by atoms with van der Waals surface area (Å²) in [6, 6.07) is 0. The summed E-state index contributed by atoms with van der Waals surface area (Å²) in [5.41, 5.74) is 0. The molecule has 0 unspecified atom stereocenters. The molecule has 1 rings (SSSR count). The van der Waals surface area contributed by atoms with Gasteiger partial charge in [-0.25, -0.2) is 0 Å². The molecule has 3 heteroatoms. The Morgan fingerprint density at radius 3 is 2.44 bits per heavy atom. The zero-order chi connectivity index (χ0) is 12.0. The number of hydrogen-bond donors (Lipinski definition) is 1. The van der Waals surface area contributed by atoms with Crippen molar-refractivity contribution in [2.45, 2.75) is 45.4 Å². The van der Waals surface area contributed by atoms with Crippen LogP contribution in [0.25, 0.3) is 0 Å². The van der Waals surface area contributed by atoms with Crippen molar-refractivity contribution in [3.8, 4) is 0 Å². The molecule has 3 nitrogen and oxygen atoms in total. The lowest BCUT2D eigenvalue weighted by molar-refractivity contribution is -0.135. The van der Waals surface area contributed by atoms with E-state index in [1.54, 1.807) is 0 Å². The van der Waals surface area contributed by atoms with E-state index in [1.165, 1.54) is 0 Å². The normalized spacial score (nSPS) is 25.4. The summed E-state index contributed by atoms with van der Waals surface area (Å²) >= 11 is 0. The molecule has 1 amide bonds. The van der Waals surface area contributed by atoms with Gasteiger partial charge in [-0.3, -0.25) is 4.79 Å². The van der Waals surface area contributed by atoms with Crippen LogP contribution in [0, 0.1) is 11.8 Å². The third-order valence-electron chi connectivity index (χ3n) is 3.67. The van der Waals surface area contributed by atoms with E-state index >= 15 is 0 Å². The fourth-order valence-corrected chi connectivity index (χ4v) is 2.64. The van der Waals surface area contributed by atoms with Gasteiger partial charge in [0.15, 0.2) is 0 Å². The summed E-state index contributed by atoms with van der Waals surface area (Å²) in [6.45, 7) is 3.26. The monoisotopic (exact) mass is 227 g/mol. The first-order chi connectivity index (χ1) is 7.69. The number of rotatable bonds is 5. The maximum absolute atomic E-state index is 12.0. The summed E-state index contributed by atoms with van der Waals surface area (Å²) in [7, 11) is 1.91. The van der Waals surface area contributed by atoms with Crippen molar-refractivity contribution in [2.75, 3.05) is 20.2 Å². The summed E-state index contributed by atoms with van der Waals surface area (Å²) in [6.07, 6.45) is 6.18. The molecule has 1 N–H and O–H groups in total. The van der Waals surface area contributed by atoms with Crippen molar-refractivity contribution in [1.82, 2.24) is 4.90 Å². The lowest BCUT2D eigenvalue weighted by Gasteiger charge is -2.30.